The zero-order valence-electron chi connectivity index (χ0n) is 14.6. The van der Waals surface area contributed by atoms with Gasteiger partial charge in [0.15, 0.2) is 11.8 Å². The number of hydrogen-bond acceptors (Lipinski definition) is 5. The van der Waals surface area contributed by atoms with Crippen LogP contribution in [0.15, 0.2) is 33.8 Å². The maximum atomic E-state index is 13.1. The third-order valence-electron chi connectivity index (χ3n) is 4.05. The molecule has 3 rings (SSSR count). The third kappa shape index (κ3) is 4.46. The molecule has 0 radical (unpaired) electrons. The fraction of sp³-hybridized carbons (Fsp3) is 0.471. The van der Waals surface area contributed by atoms with E-state index in [4.69, 9.17) is 4.52 Å². The van der Waals surface area contributed by atoms with Gasteiger partial charge in [0, 0.05) is 45.3 Å². The van der Waals surface area contributed by atoms with E-state index in [1.54, 1.807) is 6.92 Å². The Balaban J connectivity index is 1.60. The van der Waals surface area contributed by atoms with Gasteiger partial charge in [0.1, 0.15) is 12.4 Å². The molecule has 8 heteroatoms. The fourth-order valence-corrected chi connectivity index (χ4v) is 2.81. The summed E-state index contributed by atoms with van der Waals surface area (Å²) < 4.78 is 18.0. The molecule has 0 aliphatic carbocycles. The topological polar surface area (TPSA) is 69.8 Å². The average Bonchev–Trinajstić information content (AvgIpc) is 3.05. The van der Waals surface area contributed by atoms with Gasteiger partial charge in [0.05, 0.1) is 0 Å². The number of aryl methyl sites for hydroxylation is 1. The van der Waals surface area contributed by atoms with Crippen LogP contribution in [0.1, 0.15) is 18.6 Å². The average molecular weight is 346 g/mol. The van der Waals surface area contributed by atoms with Crippen LogP contribution in [0.2, 0.25) is 0 Å². The van der Waals surface area contributed by atoms with Gasteiger partial charge < -0.3 is 19.6 Å². The second-order valence-electron chi connectivity index (χ2n) is 5.85. The van der Waals surface area contributed by atoms with E-state index in [1.807, 2.05) is 19.1 Å². The van der Waals surface area contributed by atoms with Gasteiger partial charge in [-0.25, -0.2) is 9.38 Å². The Kier molecular flexibility index (Phi) is 5.47. The zero-order valence-corrected chi connectivity index (χ0v) is 14.6. The minimum absolute atomic E-state index is 0.208. The molecule has 2 heterocycles. The van der Waals surface area contributed by atoms with E-state index in [0.717, 1.165) is 44.4 Å². The molecule has 7 nitrogen and oxygen atoms in total. The molecule has 1 fully saturated rings. The van der Waals surface area contributed by atoms with Crippen LogP contribution in [-0.2, 0) is 6.54 Å². The van der Waals surface area contributed by atoms with Crippen molar-refractivity contribution in [3.8, 4) is 0 Å². The standard InChI is InChI=1S/C17H23FN6O/c1-3-19-17(20-12-16-21-13(2)25-22-16)24-10-8-23(9-11-24)15-6-4-14(18)5-7-15/h4-7H,3,8-12H2,1-2H3,(H,19,20). The number of rotatable bonds is 4. The Bertz CT molecular complexity index is 706. The minimum atomic E-state index is -0.208. The first kappa shape index (κ1) is 17.2. The normalized spacial score (nSPS) is 15.6. The van der Waals surface area contributed by atoms with Gasteiger partial charge in [-0.2, -0.15) is 4.98 Å². The quantitative estimate of drug-likeness (QED) is 0.673. The van der Waals surface area contributed by atoms with E-state index >= 15 is 0 Å². The number of anilines is 1. The molecule has 1 aromatic heterocycles. The summed E-state index contributed by atoms with van der Waals surface area (Å²) in [5.74, 6) is 1.77. The smallest absolute Gasteiger partial charge is 0.223 e. The Morgan fingerprint density at radius 3 is 2.56 bits per heavy atom. The molecule has 1 aliphatic rings. The monoisotopic (exact) mass is 346 g/mol. The van der Waals surface area contributed by atoms with Crippen LogP contribution in [0.5, 0.6) is 0 Å². The van der Waals surface area contributed by atoms with E-state index < -0.39 is 0 Å². The lowest BCUT2D eigenvalue weighted by atomic mass is 10.2. The Hall–Kier alpha value is -2.64. The summed E-state index contributed by atoms with van der Waals surface area (Å²) >= 11 is 0. The number of guanidine groups is 1. The van der Waals surface area contributed by atoms with Crippen molar-refractivity contribution >= 4 is 11.6 Å². The molecule has 25 heavy (non-hydrogen) atoms. The Morgan fingerprint density at radius 1 is 1.24 bits per heavy atom. The summed E-state index contributed by atoms with van der Waals surface area (Å²) in [7, 11) is 0. The Labute approximate surface area is 146 Å². The molecule has 134 valence electrons. The lowest BCUT2D eigenvalue weighted by molar-refractivity contribution is 0.371. The van der Waals surface area contributed by atoms with Crippen LogP contribution in [0.25, 0.3) is 0 Å². The fourth-order valence-electron chi connectivity index (χ4n) is 2.81. The van der Waals surface area contributed by atoms with E-state index in [-0.39, 0.29) is 5.82 Å². The van der Waals surface area contributed by atoms with Gasteiger partial charge in [-0.15, -0.1) is 0 Å². The second kappa shape index (κ2) is 7.96. The molecular formula is C17H23FN6O. The van der Waals surface area contributed by atoms with Gasteiger partial charge in [0.25, 0.3) is 0 Å². The number of benzene rings is 1. The van der Waals surface area contributed by atoms with Crippen LogP contribution in [0.3, 0.4) is 0 Å². The summed E-state index contributed by atoms with van der Waals surface area (Å²) in [4.78, 5) is 13.3. The first-order chi connectivity index (χ1) is 12.2. The Morgan fingerprint density at radius 2 is 1.96 bits per heavy atom. The number of aromatic nitrogens is 2. The van der Waals surface area contributed by atoms with Crippen molar-refractivity contribution in [1.29, 1.82) is 0 Å². The maximum Gasteiger partial charge on any atom is 0.223 e. The second-order valence-corrected chi connectivity index (χ2v) is 5.85. The zero-order chi connectivity index (χ0) is 17.6. The third-order valence-corrected chi connectivity index (χ3v) is 4.05. The van der Waals surface area contributed by atoms with Crippen LogP contribution in [-0.4, -0.2) is 53.7 Å². The summed E-state index contributed by atoms with van der Waals surface area (Å²) in [6, 6.07) is 6.64. The van der Waals surface area contributed by atoms with Gasteiger partial charge >= 0.3 is 0 Å². The molecule has 0 saturated carbocycles. The first-order valence-corrected chi connectivity index (χ1v) is 8.48. The molecule has 1 aromatic carbocycles. The lowest BCUT2D eigenvalue weighted by Crippen LogP contribution is -2.52. The lowest BCUT2D eigenvalue weighted by Gasteiger charge is -2.37. The SMILES string of the molecule is CCNC(=NCc1noc(C)n1)N1CCN(c2ccc(F)cc2)CC1. The van der Waals surface area contributed by atoms with Gasteiger partial charge in [-0.05, 0) is 31.2 Å². The van der Waals surface area contributed by atoms with Crippen molar-refractivity contribution in [2.45, 2.75) is 20.4 Å². The molecule has 0 bridgehead atoms. The summed E-state index contributed by atoms with van der Waals surface area (Å²) in [6.45, 7) is 8.39. The largest absolute Gasteiger partial charge is 0.368 e. The molecule has 1 N–H and O–H groups in total. The van der Waals surface area contributed by atoms with Gasteiger partial charge in [-0.3, -0.25) is 0 Å². The molecule has 2 aromatic rings. The molecular weight excluding hydrogens is 323 g/mol. The number of halogens is 1. The van der Waals surface area contributed by atoms with Crippen LogP contribution >= 0.6 is 0 Å². The maximum absolute atomic E-state index is 13.1. The number of piperazine rings is 1. The van der Waals surface area contributed by atoms with E-state index in [1.165, 1.54) is 12.1 Å². The number of hydrogen-bond donors (Lipinski definition) is 1. The summed E-state index contributed by atoms with van der Waals surface area (Å²) in [5, 5.41) is 7.19. The predicted octanol–water partition coefficient (Wildman–Crippen LogP) is 1.80. The van der Waals surface area contributed by atoms with Crippen molar-refractivity contribution in [1.82, 2.24) is 20.4 Å². The van der Waals surface area contributed by atoms with Crippen LogP contribution < -0.4 is 10.2 Å². The van der Waals surface area contributed by atoms with Gasteiger partial charge in [0.2, 0.25) is 5.89 Å². The predicted molar refractivity (Wildman–Crippen MR) is 94.0 cm³/mol. The highest BCUT2D eigenvalue weighted by Crippen LogP contribution is 2.17. The van der Waals surface area contributed by atoms with Crippen LogP contribution in [0, 0.1) is 12.7 Å². The molecule has 1 saturated heterocycles. The highest BCUT2D eigenvalue weighted by molar-refractivity contribution is 5.80. The van der Waals surface area contributed by atoms with Crippen molar-refractivity contribution in [3.05, 3.63) is 41.8 Å². The molecule has 0 unspecified atom stereocenters. The molecule has 0 spiro atoms. The van der Waals surface area contributed by atoms with E-state index in [0.29, 0.717) is 18.3 Å². The number of aliphatic imine (C=N–C) groups is 1. The van der Waals surface area contributed by atoms with Crippen molar-refractivity contribution in [2.75, 3.05) is 37.6 Å². The van der Waals surface area contributed by atoms with Crippen molar-refractivity contribution < 1.29 is 8.91 Å². The molecule has 1 aliphatic heterocycles. The highest BCUT2D eigenvalue weighted by atomic mass is 19.1. The van der Waals surface area contributed by atoms with Crippen molar-refractivity contribution in [2.24, 2.45) is 4.99 Å². The van der Waals surface area contributed by atoms with E-state index in [2.05, 4.69) is 30.2 Å². The first-order valence-electron chi connectivity index (χ1n) is 8.48. The van der Waals surface area contributed by atoms with E-state index in [9.17, 15) is 4.39 Å². The highest BCUT2D eigenvalue weighted by Gasteiger charge is 2.20. The van der Waals surface area contributed by atoms with Crippen LogP contribution in [0.4, 0.5) is 10.1 Å². The van der Waals surface area contributed by atoms with Crippen molar-refractivity contribution in [3.63, 3.8) is 0 Å². The molecule has 0 amide bonds. The molecule has 0 atom stereocenters. The van der Waals surface area contributed by atoms with Gasteiger partial charge in [-0.1, -0.05) is 5.16 Å². The number of nitrogens with one attached hydrogen (secondary N) is 1. The summed E-state index contributed by atoms with van der Waals surface area (Å²) in [6.07, 6.45) is 0. The summed E-state index contributed by atoms with van der Waals surface area (Å²) in [5.41, 5.74) is 1.05. The minimum Gasteiger partial charge on any atom is -0.368 e. The number of nitrogens with zero attached hydrogens (tertiary/aromatic N) is 5.